The molecule has 124 valence electrons. The summed E-state index contributed by atoms with van der Waals surface area (Å²) in [5, 5.41) is 2.35. The first kappa shape index (κ1) is 17.3. The summed E-state index contributed by atoms with van der Waals surface area (Å²) in [5.74, 6) is -1.10. The van der Waals surface area contributed by atoms with Crippen molar-refractivity contribution in [3.8, 4) is 0 Å². The van der Waals surface area contributed by atoms with E-state index < -0.39 is 11.2 Å². The Labute approximate surface area is 139 Å². The third kappa shape index (κ3) is 4.25. The van der Waals surface area contributed by atoms with Gasteiger partial charge in [0.25, 0.3) is 0 Å². The van der Waals surface area contributed by atoms with E-state index in [-0.39, 0.29) is 30.7 Å². The normalized spacial score (nSPS) is 17.7. The van der Waals surface area contributed by atoms with Crippen molar-refractivity contribution in [2.75, 3.05) is 26.0 Å². The zero-order valence-corrected chi connectivity index (χ0v) is 14.2. The average Bonchev–Trinajstić information content (AvgIpc) is 2.54. The van der Waals surface area contributed by atoms with Gasteiger partial charge >= 0.3 is 5.97 Å². The maximum atomic E-state index is 12.3. The van der Waals surface area contributed by atoms with Gasteiger partial charge in [-0.3, -0.25) is 14.4 Å². The molecule has 0 aliphatic carbocycles. The highest BCUT2D eigenvalue weighted by Gasteiger charge is 2.30. The molecule has 2 unspecified atom stereocenters. The lowest BCUT2D eigenvalue weighted by Crippen LogP contribution is -2.38. The highest BCUT2D eigenvalue weighted by Crippen LogP contribution is 2.36. The Morgan fingerprint density at radius 2 is 2.09 bits per heavy atom. The monoisotopic (exact) mass is 336 g/mol. The molecule has 0 spiro atoms. The van der Waals surface area contributed by atoms with Gasteiger partial charge in [-0.15, -0.1) is 11.8 Å². The van der Waals surface area contributed by atoms with Crippen LogP contribution in [0.2, 0.25) is 0 Å². The van der Waals surface area contributed by atoms with Gasteiger partial charge in [0.05, 0.1) is 24.0 Å². The van der Waals surface area contributed by atoms with E-state index in [0.29, 0.717) is 0 Å². The maximum absolute atomic E-state index is 12.3. The summed E-state index contributed by atoms with van der Waals surface area (Å²) < 4.78 is 4.65. The second kappa shape index (κ2) is 7.50. The SMILES string of the molecule is COC(=O)C(C)CN(C)C(=O)CC1Sc2ccccc2NC1=O. The van der Waals surface area contributed by atoms with Crippen molar-refractivity contribution in [1.29, 1.82) is 0 Å². The minimum Gasteiger partial charge on any atom is -0.469 e. The number of hydrogen-bond acceptors (Lipinski definition) is 5. The van der Waals surface area contributed by atoms with Crippen LogP contribution in [0.4, 0.5) is 5.69 Å². The number of hydrogen-bond donors (Lipinski definition) is 1. The first-order chi connectivity index (χ1) is 10.9. The molecular weight excluding hydrogens is 316 g/mol. The Hall–Kier alpha value is -2.02. The molecule has 0 bridgehead atoms. The fraction of sp³-hybridized carbons (Fsp3) is 0.438. The fourth-order valence-corrected chi connectivity index (χ4v) is 3.43. The van der Waals surface area contributed by atoms with E-state index in [4.69, 9.17) is 0 Å². The molecule has 23 heavy (non-hydrogen) atoms. The van der Waals surface area contributed by atoms with Crippen LogP contribution in [0.25, 0.3) is 0 Å². The summed E-state index contributed by atoms with van der Waals surface area (Å²) in [5.41, 5.74) is 0.777. The standard InChI is InChI=1S/C16H20N2O4S/c1-10(16(21)22-3)9-18(2)14(19)8-13-15(20)17-11-6-4-5-7-12(11)23-13/h4-7,10,13H,8-9H2,1-3H3,(H,17,20). The third-order valence-electron chi connectivity index (χ3n) is 3.64. The number of ether oxygens (including phenoxy) is 1. The minimum atomic E-state index is -0.465. The number of nitrogens with zero attached hydrogens (tertiary/aromatic N) is 1. The summed E-state index contributed by atoms with van der Waals surface area (Å²) in [6.07, 6.45) is 0.0925. The van der Waals surface area contributed by atoms with Crippen LogP contribution >= 0.6 is 11.8 Å². The van der Waals surface area contributed by atoms with Gasteiger partial charge in [-0.25, -0.2) is 0 Å². The molecule has 1 aliphatic heterocycles. The molecule has 2 amide bonds. The molecule has 7 heteroatoms. The van der Waals surface area contributed by atoms with Crippen molar-refractivity contribution in [3.63, 3.8) is 0 Å². The third-order valence-corrected chi connectivity index (χ3v) is 4.92. The molecule has 1 N–H and O–H groups in total. The highest BCUT2D eigenvalue weighted by molar-refractivity contribution is 8.01. The van der Waals surface area contributed by atoms with Crippen molar-refractivity contribution >= 4 is 35.2 Å². The summed E-state index contributed by atoms with van der Waals surface area (Å²) in [6.45, 7) is 1.97. The van der Waals surface area contributed by atoms with E-state index in [1.807, 2.05) is 24.3 Å². The molecule has 1 heterocycles. The molecule has 0 aromatic heterocycles. The van der Waals surface area contributed by atoms with Gasteiger partial charge < -0.3 is 15.0 Å². The molecule has 2 atom stereocenters. The molecule has 0 fully saturated rings. The molecule has 0 saturated heterocycles. The van der Waals surface area contributed by atoms with Crippen molar-refractivity contribution in [1.82, 2.24) is 4.90 Å². The summed E-state index contributed by atoms with van der Waals surface area (Å²) >= 11 is 1.39. The van der Waals surface area contributed by atoms with Crippen LogP contribution < -0.4 is 5.32 Å². The number of nitrogens with one attached hydrogen (secondary N) is 1. The van der Waals surface area contributed by atoms with Gasteiger partial charge in [0.2, 0.25) is 11.8 Å². The van der Waals surface area contributed by atoms with Crippen LogP contribution in [0.1, 0.15) is 13.3 Å². The van der Waals surface area contributed by atoms with E-state index in [0.717, 1.165) is 10.6 Å². The lowest BCUT2D eigenvalue weighted by atomic mass is 10.1. The van der Waals surface area contributed by atoms with Crippen LogP contribution in [-0.4, -0.2) is 48.6 Å². The van der Waals surface area contributed by atoms with Gasteiger partial charge in [0.1, 0.15) is 0 Å². The topological polar surface area (TPSA) is 75.7 Å². The minimum absolute atomic E-state index is 0.0925. The molecule has 1 aromatic carbocycles. The number of carbonyl (C=O) groups excluding carboxylic acids is 3. The Kier molecular flexibility index (Phi) is 5.65. The van der Waals surface area contributed by atoms with Crippen LogP contribution in [0, 0.1) is 5.92 Å². The summed E-state index contributed by atoms with van der Waals surface area (Å²) in [6, 6.07) is 7.50. The van der Waals surface area contributed by atoms with Crippen molar-refractivity contribution < 1.29 is 19.1 Å². The van der Waals surface area contributed by atoms with E-state index in [2.05, 4.69) is 10.1 Å². The van der Waals surface area contributed by atoms with Gasteiger partial charge in [-0.05, 0) is 12.1 Å². The fourth-order valence-electron chi connectivity index (χ4n) is 2.33. The lowest BCUT2D eigenvalue weighted by molar-refractivity contribution is -0.146. The van der Waals surface area contributed by atoms with Crippen LogP contribution in [0.15, 0.2) is 29.2 Å². The van der Waals surface area contributed by atoms with E-state index >= 15 is 0 Å². The molecule has 2 rings (SSSR count). The first-order valence-electron chi connectivity index (χ1n) is 7.30. The number of para-hydroxylation sites is 1. The van der Waals surface area contributed by atoms with Gasteiger partial charge in [0, 0.05) is 24.9 Å². The molecule has 6 nitrogen and oxygen atoms in total. The average molecular weight is 336 g/mol. The quantitative estimate of drug-likeness (QED) is 0.829. The van der Waals surface area contributed by atoms with Gasteiger partial charge in [-0.2, -0.15) is 0 Å². The number of carbonyl (C=O) groups is 3. The molecule has 0 radical (unpaired) electrons. The zero-order valence-electron chi connectivity index (χ0n) is 13.4. The Morgan fingerprint density at radius 3 is 2.78 bits per heavy atom. The Morgan fingerprint density at radius 1 is 1.39 bits per heavy atom. The number of amides is 2. The van der Waals surface area contributed by atoms with Crippen LogP contribution in [0.3, 0.4) is 0 Å². The number of esters is 1. The highest BCUT2D eigenvalue weighted by atomic mass is 32.2. The van der Waals surface area contributed by atoms with Gasteiger partial charge in [-0.1, -0.05) is 19.1 Å². The Balaban J connectivity index is 1.95. The number of rotatable bonds is 5. The smallest absolute Gasteiger partial charge is 0.310 e. The van der Waals surface area contributed by atoms with Crippen molar-refractivity contribution in [2.45, 2.75) is 23.5 Å². The predicted octanol–water partition coefficient (Wildman–Crippen LogP) is 1.76. The van der Waals surface area contributed by atoms with E-state index in [1.54, 1.807) is 14.0 Å². The summed E-state index contributed by atoms with van der Waals surface area (Å²) in [4.78, 5) is 38.3. The van der Waals surface area contributed by atoms with E-state index in [1.165, 1.54) is 23.8 Å². The number of anilines is 1. The number of thioether (sulfide) groups is 1. The lowest BCUT2D eigenvalue weighted by Gasteiger charge is -2.26. The maximum Gasteiger partial charge on any atom is 0.310 e. The summed E-state index contributed by atoms with van der Waals surface area (Å²) in [7, 11) is 2.95. The molecule has 1 aliphatic rings. The van der Waals surface area contributed by atoms with E-state index in [9.17, 15) is 14.4 Å². The van der Waals surface area contributed by atoms with Gasteiger partial charge in [0.15, 0.2) is 0 Å². The largest absolute Gasteiger partial charge is 0.469 e. The molecular formula is C16H20N2O4S. The second-order valence-electron chi connectivity index (χ2n) is 5.49. The Bertz CT molecular complexity index is 620. The first-order valence-corrected chi connectivity index (χ1v) is 8.18. The number of fused-ring (bicyclic) bond motifs is 1. The van der Waals surface area contributed by atoms with Crippen molar-refractivity contribution in [2.24, 2.45) is 5.92 Å². The number of benzene rings is 1. The van der Waals surface area contributed by atoms with Crippen LogP contribution in [0.5, 0.6) is 0 Å². The molecule has 0 saturated carbocycles. The van der Waals surface area contributed by atoms with Crippen LogP contribution in [-0.2, 0) is 19.1 Å². The number of methoxy groups -OCH3 is 1. The predicted molar refractivity (Wildman–Crippen MR) is 88.2 cm³/mol. The molecule has 1 aromatic rings. The second-order valence-corrected chi connectivity index (χ2v) is 6.74. The zero-order chi connectivity index (χ0) is 17.0. The van der Waals surface area contributed by atoms with Crippen molar-refractivity contribution in [3.05, 3.63) is 24.3 Å².